The highest BCUT2D eigenvalue weighted by molar-refractivity contribution is 5.70. The van der Waals surface area contributed by atoms with Gasteiger partial charge in [0, 0.05) is 18.5 Å². The summed E-state index contributed by atoms with van der Waals surface area (Å²) in [6.07, 6.45) is 2.42. The predicted octanol–water partition coefficient (Wildman–Crippen LogP) is 1.70. The lowest BCUT2D eigenvalue weighted by atomic mass is 9.92. The van der Waals surface area contributed by atoms with Crippen molar-refractivity contribution in [2.45, 2.75) is 64.1 Å². The fourth-order valence-corrected chi connectivity index (χ4v) is 3.65. The number of hydrogen-bond acceptors (Lipinski definition) is 5. The summed E-state index contributed by atoms with van der Waals surface area (Å²) in [7, 11) is 0. The number of aliphatic hydroxyl groups is 1. The van der Waals surface area contributed by atoms with Gasteiger partial charge in [0.05, 0.1) is 19.3 Å². The molecule has 0 saturated carbocycles. The number of piperidine rings is 1. The molecule has 6 nitrogen and oxygen atoms in total. The van der Waals surface area contributed by atoms with E-state index < -0.39 is 0 Å². The highest BCUT2D eigenvalue weighted by atomic mass is 16.6. The van der Waals surface area contributed by atoms with Gasteiger partial charge in [-0.05, 0) is 45.4 Å². The van der Waals surface area contributed by atoms with Crippen LogP contribution in [0, 0.1) is 5.92 Å². The molecule has 6 heteroatoms. The maximum Gasteiger partial charge on any atom is 0.410 e. The molecule has 2 aliphatic rings. The number of hydrogen-bond donors (Lipinski definition) is 1. The number of carbonyl (C=O) groups excluding carboxylic acids is 2. The van der Waals surface area contributed by atoms with Gasteiger partial charge in [-0.1, -0.05) is 0 Å². The Hall–Kier alpha value is -1.30. The third-order valence-electron chi connectivity index (χ3n) is 4.43. The maximum atomic E-state index is 12.1. The summed E-state index contributed by atoms with van der Waals surface area (Å²) < 4.78 is 10.1. The number of aliphatic hydroxyl groups excluding tert-OH is 1. The van der Waals surface area contributed by atoms with Gasteiger partial charge >= 0.3 is 12.1 Å². The average Bonchev–Trinajstić information content (AvgIpc) is 2.65. The number of amides is 1. The Morgan fingerprint density at radius 1 is 1.14 bits per heavy atom. The minimum absolute atomic E-state index is 0.0211. The van der Waals surface area contributed by atoms with Crippen LogP contribution in [0.5, 0.6) is 0 Å². The summed E-state index contributed by atoms with van der Waals surface area (Å²) in [5.74, 6) is 0.0446. The lowest BCUT2D eigenvalue weighted by molar-refractivity contribution is -0.143. The van der Waals surface area contributed by atoms with E-state index in [9.17, 15) is 14.7 Å². The van der Waals surface area contributed by atoms with E-state index >= 15 is 0 Å². The van der Waals surface area contributed by atoms with Crippen molar-refractivity contribution in [2.75, 3.05) is 13.2 Å². The van der Waals surface area contributed by atoms with Gasteiger partial charge in [-0.3, -0.25) is 4.79 Å². The molecule has 2 heterocycles. The molecule has 0 aromatic rings. The van der Waals surface area contributed by atoms with Gasteiger partial charge in [0.15, 0.2) is 0 Å². The second kappa shape index (κ2) is 7.11. The first kappa shape index (κ1) is 16.1. The van der Waals surface area contributed by atoms with Crippen LogP contribution in [0.3, 0.4) is 0 Å². The van der Waals surface area contributed by atoms with Crippen molar-refractivity contribution in [1.29, 1.82) is 0 Å². The van der Waals surface area contributed by atoms with Crippen LogP contribution in [-0.4, -0.2) is 53.5 Å². The van der Waals surface area contributed by atoms with E-state index in [4.69, 9.17) is 9.47 Å². The normalized spacial score (nSPS) is 31.1. The van der Waals surface area contributed by atoms with Crippen molar-refractivity contribution in [3.63, 3.8) is 0 Å². The van der Waals surface area contributed by atoms with Gasteiger partial charge in [0.1, 0.15) is 0 Å². The summed E-state index contributed by atoms with van der Waals surface area (Å²) in [5.41, 5.74) is 0. The van der Waals surface area contributed by atoms with Gasteiger partial charge in [-0.15, -0.1) is 0 Å². The molecule has 2 rings (SSSR count). The minimum atomic E-state index is -0.363. The Morgan fingerprint density at radius 2 is 1.86 bits per heavy atom. The van der Waals surface area contributed by atoms with Crippen LogP contribution in [0.4, 0.5) is 4.79 Å². The van der Waals surface area contributed by atoms with Crippen molar-refractivity contribution in [1.82, 2.24) is 4.90 Å². The van der Waals surface area contributed by atoms with E-state index in [2.05, 4.69) is 0 Å². The molecule has 0 aromatic heterocycles. The summed E-state index contributed by atoms with van der Waals surface area (Å²) >= 11 is 0. The van der Waals surface area contributed by atoms with E-state index in [-0.39, 0.29) is 36.2 Å². The lowest BCUT2D eigenvalue weighted by Gasteiger charge is -2.37. The number of nitrogens with zero attached hydrogens (tertiary/aromatic N) is 1. The first-order valence-corrected chi connectivity index (χ1v) is 7.85. The Kier molecular flexibility index (Phi) is 5.45. The van der Waals surface area contributed by atoms with Gasteiger partial charge in [0.2, 0.25) is 0 Å². The zero-order valence-electron chi connectivity index (χ0n) is 12.8. The maximum absolute atomic E-state index is 12.1. The molecule has 0 unspecified atom stereocenters. The summed E-state index contributed by atoms with van der Waals surface area (Å²) in [6, 6.07) is 0.0113. The van der Waals surface area contributed by atoms with Crippen molar-refractivity contribution in [2.24, 2.45) is 5.92 Å². The number of ether oxygens (including phenoxy) is 2. The van der Waals surface area contributed by atoms with Crippen molar-refractivity contribution in [3.05, 3.63) is 0 Å². The van der Waals surface area contributed by atoms with E-state index in [0.29, 0.717) is 38.9 Å². The first-order valence-electron chi connectivity index (χ1n) is 7.85. The van der Waals surface area contributed by atoms with Gasteiger partial charge in [-0.2, -0.15) is 0 Å². The quantitative estimate of drug-likeness (QED) is 0.782. The molecular weight excluding hydrogens is 274 g/mol. The smallest absolute Gasteiger partial charge is 0.410 e. The topological polar surface area (TPSA) is 76.1 Å². The van der Waals surface area contributed by atoms with E-state index in [1.807, 2.05) is 0 Å². The molecule has 1 N–H and O–H groups in total. The molecule has 2 fully saturated rings. The monoisotopic (exact) mass is 299 g/mol. The molecule has 2 bridgehead atoms. The SMILES string of the molecule is CCOC(=O)CC[C@@H]1C[C@@H]2C[C@H](O)C[C@H]1N2C(=O)OCC. The second-order valence-electron chi connectivity index (χ2n) is 5.79. The average molecular weight is 299 g/mol. The van der Waals surface area contributed by atoms with Crippen LogP contribution in [0.1, 0.15) is 46.0 Å². The van der Waals surface area contributed by atoms with Gasteiger partial charge in [0.25, 0.3) is 0 Å². The minimum Gasteiger partial charge on any atom is -0.466 e. The molecule has 0 spiro atoms. The molecule has 2 aliphatic heterocycles. The van der Waals surface area contributed by atoms with Crippen molar-refractivity contribution >= 4 is 12.1 Å². The zero-order valence-corrected chi connectivity index (χ0v) is 12.8. The standard InChI is InChI=1S/C15H25NO5/c1-3-20-14(18)6-5-10-7-11-8-12(17)9-13(10)16(11)15(19)21-4-2/h10-13,17H,3-9H2,1-2H3/t10-,11-,12+,13-/m1/s1. The Balaban J connectivity index is 1.97. The van der Waals surface area contributed by atoms with Crippen LogP contribution >= 0.6 is 0 Å². The van der Waals surface area contributed by atoms with Crippen LogP contribution in [0.25, 0.3) is 0 Å². The summed E-state index contributed by atoms with van der Waals surface area (Å²) in [5, 5.41) is 9.93. The van der Waals surface area contributed by atoms with E-state index in [1.54, 1.807) is 18.7 Å². The molecule has 1 amide bonds. The van der Waals surface area contributed by atoms with E-state index in [1.165, 1.54) is 0 Å². The molecule has 0 aliphatic carbocycles. The molecule has 0 radical (unpaired) electrons. The van der Waals surface area contributed by atoms with Crippen molar-refractivity contribution in [3.8, 4) is 0 Å². The second-order valence-corrected chi connectivity index (χ2v) is 5.79. The third-order valence-corrected chi connectivity index (χ3v) is 4.43. The number of esters is 1. The van der Waals surface area contributed by atoms with E-state index in [0.717, 1.165) is 6.42 Å². The molecule has 0 aromatic carbocycles. The molecule has 120 valence electrons. The summed E-state index contributed by atoms with van der Waals surface area (Å²) in [4.78, 5) is 25.4. The third kappa shape index (κ3) is 3.67. The predicted molar refractivity (Wildman–Crippen MR) is 75.7 cm³/mol. The van der Waals surface area contributed by atoms with Crippen LogP contribution in [-0.2, 0) is 14.3 Å². The Labute approximate surface area is 125 Å². The van der Waals surface area contributed by atoms with Crippen LogP contribution in [0.2, 0.25) is 0 Å². The molecule has 4 atom stereocenters. The Bertz CT molecular complexity index is 386. The molecule has 2 saturated heterocycles. The molecule has 21 heavy (non-hydrogen) atoms. The van der Waals surface area contributed by atoms with Crippen molar-refractivity contribution < 1.29 is 24.2 Å². The zero-order chi connectivity index (χ0) is 15.4. The number of fused-ring (bicyclic) bond motifs is 2. The fraction of sp³-hybridized carbons (Fsp3) is 0.867. The highest BCUT2D eigenvalue weighted by Crippen LogP contribution is 2.42. The van der Waals surface area contributed by atoms with Crippen LogP contribution < -0.4 is 0 Å². The lowest BCUT2D eigenvalue weighted by Crippen LogP contribution is -2.49. The largest absolute Gasteiger partial charge is 0.466 e. The van der Waals surface area contributed by atoms with Crippen LogP contribution in [0.15, 0.2) is 0 Å². The van der Waals surface area contributed by atoms with Gasteiger partial charge in [-0.25, -0.2) is 4.79 Å². The fourth-order valence-electron chi connectivity index (χ4n) is 3.65. The molecular formula is C15H25NO5. The summed E-state index contributed by atoms with van der Waals surface area (Å²) in [6.45, 7) is 4.32. The van der Waals surface area contributed by atoms with Gasteiger partial charge < -0.3 is 19.5 Å². The number of rotatable bonds is 5. The highest BCUT2D eigenvalue weighted by Gasteiger charge is 2.48. The number of carbonyl (C=O) groups is 2. The first-order chi connectivity index (χ1) is 10.1. The Morgan fingerprint density at radius 3 is 2.52 bits per heavy atom.